The molecule has 1 N–H and O–H groups in total. The second kappa shape index (κ2) is 8.57. The van der Waals surface area contributed by atoms with Gasteiger partial charge in [0.25, 0.3) is 5.91 Å². The van der Waals surface area contributed by atoms with Crippen molar-refractivity contribution >= 4 is 23.2 Å². The highest BCUT2D eigenvalue weighted by atomic mass is 16.5. The van der Waals surface area contributed by atoms with Gasteiger partial charge in [-0.3, -0.25) is 9.59 Å². The highest BCUT2D eigenvalue weighted by Crippen LogP contribution is 2.31. The molecule has 0 aliphatic carbocycles. The number of benzene rings is 2. The number of hydrogen-bond acceptors (Lipinski definition) is 3. The van der Waals surface area contributed by atoms with Crippen LogP contribution in [0.5, 0.6) is 0 Å². The van der Waals surface area contributed by atoms with Gasteiger partial charge in [0.2, 0.25) is 5.91 Å². The SMILES string of the molecule is O=C(CC1CCCCO1)Nc1ccc2c(c1)CCCN2C(=O)c1ccccc1. The molecule has 1 saturated heterocycles. The van der Waals surface area contributed by atoms with Crippen LogP contribution >= 0.6 is 0 Å². The molecule has 0 radical (unpaired) electrons. The number of anilines is 2. The van der Waals surface area contributed by atoms with Gasteiger partial charge in [-0.2, -0.15) is 0 Å². The van der Waals surface area contributed by atoms with Crippen LogP contribution in [-0.4, -0.2) is 31.1 Å². The van der Waals surface area contributed by atoms with Crippen molar-refractivity contribution in [3.05, 3.63) is 59.7 Å². The lowest BCUT2D eigenvalue weighted by Gasteiger charge is -2.30. The molecule has 2 heterocycles. The minimum Gasteiger partial charge on any atom is -0.378 e. The summed E-state index contributed by atoms with van der Waals surface area (Å²) < 4.78 is 5.65. The van der Waals surface area contributed by atoms with Crippen molar-refractivity contribution in [2.24, 2.45) is 0 Å². The Balaban J connectivity index is 1.45. The second-order valence-electron chi connectivity index (χ2n) is 7.51. The van der Waals surface area contributed by atoms with Crippen LogP contribution in [0.4, 0.5) is 11.4 Å². The van der Waals surface area contributed by atoms with E-state index in [2.05, 4.69) is 5.32 Å². The number of nitrogens with one attached hydrogen (secondary N) is 1. The molecule has 1 atom stereocenters. The first-order valence-corrected chi connectivity index (χ1v) is 10.1. The van der Waals surface area contributed by atoms with Crippen molar-refractivity contribution in [2.45, 2.75) is 44.6 Å². The van der Waals surface area contributed by atoms with Gasteiger partial charge in [-0.15, -0.1) is 0 Å². The van der Waals surface area contributed by atoms with E-state index >= 15 is 0 Å². The van der Waals surface area contributed by atoms with E-state index in [0.29, 0.717) is 18.5 Å². The topological polar surface area (TPSA) is 58.6 Å². The average Bonchev–Trinajstić information content (AvgIpc) is 2.74. The summed E-state index contributed by atoms with van der Waals surface area (Å²) in [6.07, 6.45) is 5.42. The zero-order valence-corrected chi connectivity index (χ0v) is 16.0. The summed E-state index contributed by atoms with van der Waals surface area (Å²) in [5.41, 5.74) is 3.52. The van der Waals surface area contributed by atoms with E-state index in [1.54, 1.807) is 0 Å². The number of hydrogen-bond donors (Lipinski definition) is 1. The predicted octanol–water partition coefficient (Wildman–Crippen LogP) is 4.18. The Morgan fingerprint density at radius 1 is 1.07 bits per heavy atom. The van der Waals surface area contributed by atoms with Crippen LogP contribution < -0.4 is 10.2 Å². The van der Waals surface area contributed by atoms with E-state index in [0.717, 1.165) is 55.6 Å². The largest absolute Gasteiger partial charge is 0.378 e. The molecule has 28 heavy (non-hydrogen) atoms. The van der Waals surface area contributed by atoms with Crippen LogP contribution in [0.15, 0.2) is 48.5 Å². The van der Waals surface area contributed by atoms with E-state index in [4.69, 9.17) is 4.74 Å². The molecule has 0 saturated carbocycles. The fraction of sp³-hybridized carbons (Fsp3) is 0.391. The summed E-state index contributed by atoms with van der Waals surface area (Å²) in [7, 11) is 0. The maximum absolute atomic E-state index is 12.9. The highest BCUT2D eigenvalue weighted by Gasteiger charge is 2.24. The minimum atomic E-state index is -0.0140. The van der Waals surface area contributed by atoms with Gasteiger partial charge in [0.15, 0.2) is 0 Å². The van der Waals surface area contributed by atoms with Crippen molar-refractivity contribution in [1.29, 1.82) is 0 Å². The molecule has 0 aromatic heterocycles. The van der Waals surface area contributed by atoms with Crippen LogP contribution in [0.1, 0.15) is 48.0 Å². The standard InChI is InChI=1S/C23H26N2O3/c26-22(16-20-10-4-5-14-28-20)24-19-11-12-21-18(15-19)9-6-13-25(21)23(27)17-7-2-1-3-8-17/h1-3,7-8,11-12,15,20H,4-6,9-10,13-14,16H2,(H,24,26). The van der Waals surface area contributed by atoms with Crippen molar-refractivity contribution in [2.75, 3.05) is 23.4 Å². The highest BCUT2D eigenvalue weighted by molar-refractivity contribution is 6.07. The number of carbonyl (C=O) groups excluding carboxylic acids is 2. The van der Waals surface area contributed by atoms with E-state index in [1.807, 2.05) is 53.4 Å². The maximum atomic E-state index is 12.9. The number of fused-ring (bicyclic) bond motifs is 1. The first kappa shape index (κ1) is 18.7. The van der Waals surface area contributed by atoms with Gasteiger partial charge in [-0.1, -0.05) is 18.2 Å². The smallest absolute Gasteiger partial charge is 0.258 e. The number of aryl methyl sites for hydroxylation is 1. The van der Waals surface area contributed by atoms with Crippen LogP contribution in [-0.2, 0) is 16.0 Å². The number of carbonyl (C=O) groups is 2. The molecule has 0 spiro atoms. The quantitative estimate of drug-likeness (QED) is 0.868. The lowest BCUT2D eigenvalue weighted by atomic mass is 9.99. The number of rotatable bonds is 4. The van der Waals surface area contributed by atoms with Gasteiger partial charge in [0.1, 0.15) is 0 Å². The summed E-state index contributed by atoms with van der Waals surface area (Å²) in [6, 6.07) is 15.2. The van der Waals surface area contributed by atoms with Crippen LogP contribution in [0.2, 0.25) is 0 Å². The van der Waals surface area contributed by atoms with Crippen molar-refractivity contribution in [3.8, 4) is 0 Å². The first-order chi connectivity index (χ1) is 13.7. The molecule has 2 aliphatic rings. The summed E-state index contributed by atoms with van der Waals surface area (Å²) in [5, 5.41) is 2.99. The molecule has 0 bridgehead atoms. The van der Waals surface area contributed by atoms with E-state index in [1.165, 1.54) is 0 Å². The third kappa shape index (κ3) is 4.25. The summed E-state index contributed by atoms with van der Waals surface area (Å²) in [5.74, 6) is 0.00709. The maximum Gasteiger partial charge on any atom is 0.258 e. The summed E-state index contributed by atoms with van der Waals surface area (Å²) in [4.78, 5) is 27.1. The van der Waals surface area contributed by atoms with Crippen LogP contribution in [0, 0.1) is 0 Å². The molecule has 2 amide bonds. The molecule has 2 aromatic carbocycles. The molecule has 146 valence electrons. The van der Waals surface area contributed by atoms with E-state index in [9.17, 15) is 9.59 Å². The van der Waals surface area contributed by atoms with E-state index in [-0.39, 0.29) is 17.9 Å². The predicted molar refractivity (Wildman–Crippen MR) is 110 cm³/mol. The van der Waals surface area contributed by atoms with Gasteiger partial charge >= 0.3 is 0 Å². The van der Waals surface area contributed by atoms with Crippen molar-refractivity contribution in [3.63, 3.8) is 0 Å². The van der Waals surface area contributed by atoms with Gasteiger partial charge in [-0.25, -0.2) is 0 Å². The molecule has 5 heteroatoms. The normalized spacial score (nSPS) is 19.0. The Morgan fingerprint density at radius 3 is 2.71 bits per heavy atom. The third-order valence-electron chi connectivity index (χ3n) is 5.43. The molecular formula is C23H26N2O3. The monoisotopic (exact) mass is 378 g/mol. The zero-order chi connectivity index (χ0) is 19.3. The van der Waals surface area contributed by atoms with Crippen LogP contribution in [0.3, 0.4) is 0 Å². The molecule has 1 unspecified atom stereocenters. The zero-order valence-electron chi connectivity index (χ0n) is 16.0. The number of ether oxygens (including phenoxy) is 1. The summed E-state index contributed by atoms with van der Waals surface area (Å²) in [6.45, 7) is 1.47. The molecule has 2 aliphatic heterocycles. The molecule has 1 fully saturated rings. The molecular weight excluding hydrogens is 352 g/mol. The molecule has 2 aromatic rings. The number of nitrogens with zero attached hydrogens (tertiary/aromatic N) is 1. The lowest BCUT2D eigenvalue weighted by molar-refractivity contribution is -0.119. The Labute approximate surface area is 165 Å². The fourth-order valence-electron chi connectivity index (χ4n) is 4.01. The molecule has 4 rings (SSSR count). The first-order valence-electron chi connectivity index (χ1n) is 10.1. The van der Waals surface area contributed by atoms with Crippen LogP contribution in [0.25, 0.3) is 0 Å². The fourth-order valence-corrected chi connectivity index (χ4v) is 4.01. The van der Waals surface area contributed by atoms with Crippen molar-refractivity contribution in [1.82, 2.24) is 0 Å². The summed E-state index contributed by atoms with van der Waals surface area (Å²) >= 11 is 0. The number of amides is 2. The average molecular weight is 378 g/mol. The van der Waals surface area contributed by atoms with Gasteiger partial charge in [0.05, 0.1) is 12.5 Å². The second-order valence-corrected chi connectivity index (χ2v) is 7.51. The van der Waals surface area contributed by atoms with Crippen molar-refractivity contribution < 1.29 is 14.3 Å². The van der Waals surface area contributed by atoms with Gasteiger partial charge in [-0.05, 0) is 68.0 Å². The Bertz CT molecular complexity index is 844. The van der Waals surface area contributed by atoms with Gasteiger partial charge in [0, 0.05) is 30.1 Å². The minimum absolute atomic E-state index is 0.0140. The third-order valence-corrected chi connectivity index (χ3v) is 5.43. The lowest BCUT2D eigenvalue weighted by Crippen LogP contribution is -2.35. The van der Waals surface area contributed by atoms with Gasteiger partial charge < -0.3 is 15.0 Å². The van der Waals surface area contributed by atoms with E-state index < -0.39 is 0 Å². The Kier molecular flexibility index (Phi) is 5.72. The Morgan fingerprint density at radius 2 is 1.93 bits per heavy atom. The Hall–Kier alpha value is -2.66. The molecule has 5 nitrogen and oxygen atoms in total.